The maximum absolute atomic E-state index is 12.9. The molecule has 0 aliphatic rings. The Morgan fingerprint density at radius 2 is 1.90 bits per heavy atom. The lowest BCUT2D eigenvalue weighted by Gasteiger charge is -2.11. The van der Waals surface area contributed by atoms with Crippen LogP contribution in [0, 0.1) is 11.8 Å². The van der Waals surface area contributed by atoms with E-state index in [4.69, 9.17) is 0 Å². The van der Waals surface area contributed by atoms with E-state index in [9.17, 15) is 4.39 Å². The van der Waals surface area contributed by atoms with Gasteiger partial charge in [-0.15, -0.1) is 6.58 Å². The van der Waals surface area contributed by atoms with E-state index in [1.54, 1.807) is 13.1 Å². The number of aromatic nitrogens is 1. The zero-order chi connectivity index (χ0) is 20.5. The van der Waals surface area contributed by atoms with Gasteiger partial charge in [0.2, 0.25) is 0 Å². The average Bonchev–Trinajstić information content (AvgIpc) is 2.75. The summed E-state index contributed by atoms with van der Waals surface area (Å²) in [5, 5.41) is 0. The quantitative estimate of drug-likeness (QED) is 0.243. The molecule has 0 aliphatic carbocycles. The van der Waals surface area contributed by atoms with Crippen LogP contribution in [0.25, 0.3) is 22.3 Å². The summed E-state index contributed by atoms with van der Waals surface area (Å²) < 4.78 is 12.9. The molecule has 29 heavy (non-hydrogen) atoms. The summed E-state index contributed by atoms with van der Waals surface area (Å²) in [5.41, 5.74) is 6.69. The minimum atomic E-state index is -0.758. The summed E-state index contributed by atoms with van der Waals surface area (Å²) in [5.74, 6) is 6.42. The van der Waals surface area contributed by atoms with Crippen molar-refractivity contribution >= 4 is 0 Å². The number of unbranched alkanes of at least 4 members (excludes halogenated alkanes) is 1. The van der Waals surface area contributed by atoms with Gasteiger partial charge in [-0.1, -0.05) is 54.3 Å². The van der Waals surface area contributed by atoms with Crippen molar-refractivity contribution in [3.05, 3.63) is 90.8 Å². The molecule has 3 rings (SSSR count). The van der Waals surface area contributed by atoms with E-state index >= 15 is 0 Å². The van der Waals surface area contributed by atoms with Crippen LogP contribution >= 0.6 is 0 Å². The van der Waals surface area contributed by atoms with Crippen molar-refractivity contribution in [3.63, 3.8) is 0 Å². The summed E-state index contributed by atoms with van der Waals surface area (Å²) in [6.45, 7) is 5.40. The van der Waals surface area contributed by atoms with E-state index in [2.05, 4.69) is 65.9 Å². The van der Waals surface area contributed by atoms with Gasteiger partial charge in [-0.25, -0.2) is 4.39 Å². The first kappa shape index (κ1) is 20.6. The number of pyridine rings is 1. The van der Waals surface area contributed by atoms with Gasteiger partial charge < -0.3 is 0 Å². The van der Waals surface area contributed by atoms with Crippen LogP contribution in [0.1, 0.15) is 37.3 Å². The van der Waals surface area contributed by atoms with Crippen LogP contribution in [0.2, 0.25) is 0 Å². The summed E-state index contributed by atoms with van der Waals surface area (Å²) in [6, 6.07) is 18.9. The highest BCUT2D eigenvalue weighted by Crippen LogP contribution is 2.32. The Morgan fingerprint density at radius 3 is 2.59 bits per heavy atom. The van der Waals surface area contributed by atoms with E-state index in [0.29, 0.717) is 12.8 Å². The third kappa shape index (κ3) is 5.90. The van der Waals surface area contributed by atoms with Crippen LogP contribution in [-0.2, 0) is 6.42 Å². The zero-order valence-corrected chi connectivity index (χ0v) is 16.9. The SMILES string of the molecule is C=CCc1ccc(-c2cc(C#CCCCC(C)F)ccc2-c2cccnc2)cc1. The summed E-state index contributed by atoms with van der Waals surface area (Å²) in [4.78, 5) is 4.27. The van der Waals surface area contributed by atoms with Gasteiger partial charge in [0, 0.05) is 29.9 Å². The fourth-order valence-electron chi connectivity index (χ4n) is 3.26. The topological polar surface area (TPSA) is 12.9 Å². The maximum Gasteiger partial charge on any atom is 0.0973 e. The molecule has 0 radical (unpaired) electrons. The van der Waals surface area contributed by atoms with Crippen LogP contribution in [0.5, 0.6) is 0 Å². The van der Waals surface area contributed by atoms with Crippen molar-refractivity contribution in [3.8, 4) is 34.1 Å². The number of alkyl halides is 1. The molecule has 0 saturated heterocycles. The molecule has 0 amide bonds. The lowest BCUT2D eigenvalue weighted by Crippen LogP contribution is -1.90. The Balaban J connectivity index is 1.93. The van der Waals surface area contributed by atoms with Crippen LogP contribution in [0.15, 0.2) is 79.6 Å². The lowest BCUT2D eigenvalue weighted by molar-refractivity contribution is 0.336. The lowest BCUT2D eigenvalue weighted by atomic mass is 9.93. The van der Waals surface area contributed by atoms with E-state index in [-0.39, 0.29) is 0 Å². The van der Waals surface area contributed by atoms with Gasteiger partial charge in [0.05, 0.1) is 6.17 Å². The first-order valence-corrected chi connectivity index (χ1v) is 10.0. The molecule has 2 heteroatoms. The molecule has 1 unspecified atom stereocenters. The number of benzene rings is 2. The minimum Gasteiger partial charge on any atom is -0.264 e. The van der Waals surface area contributed by atoms with Crippen LogP contribution < -0.4 is 0 Å². The fourth-order valence-corrected chi connectivity index (χ4v) is 3.26. The number of hydrogen-bond acceptors (Lipinski definition) is 1. The van der Waals surface area contributed by atoms with Gasteiger partial charge in [-0.05, 0) is 66.6 Å². The standard InChI is InChI=1S/C27H26FN/c1-3-8-22-12-15-24(16-13-22)27-19-23(10-6-4-5-9-21(2)28)14-17-26(27)25-11-7-18-29-20-25/h3,7,11-21H,1,4-5,8-9H2,2H3. The van der Waals surface area contributed by atoms with Crippen molar-refractivity contribution in [2.24, 2.45) is 0 Å². The number of rotatable bonds is 7. The second-order valence-corrected chi connectivity index (χ2v) is 7.17. The van der Waals surface area contributed by atoms with Crippen LogP contribution in [-0.4, -0.2) is 11.2 Å². The third-order valence-corrected chi connectivity index (χ3v) is 4.77. The molecule has 1 heterocycles. The smallest absolute Gasteiger partial charge is 0.0973 e. The van der Waals surface area contributed by atoms with Crippen LogP contribution in [0.3, 0.4) is 0 Å². The molecular formula is C27H26FN. The third-order valence-electron chi connectivity index (χ3n) is 4.77. The predicted molar refractivity (Wildman–Crippen MR) is 120 cm³/mol. The van der Waals surface area contributed by atoms with Crippen molar-refractivity contribution < 1.29 is 4.39 Å². The maximum atomic E-state index is 12.9. The normalized spacial score (nSPS) is 11.4. The predicted octanol–water partition coefficient (Wildman–Crippen LogP) is 7.02. The first-order valence-electron chi connectivity index (χ1n) is 10.0. The molecule has 0 spiro atoms. The summed E-state index contributed by atoms with van der Waals surface area (Å²) >= 11 is 0. The molecule has 2 aromatic carbocycles. The molecule has 0 bridgehead atoms. The van der Waals surface area contributed by atoms with E-state index in [0.717, 1.165) is 40.7 Å². The van der Waals surface area contributed by atoms with Gasteiger partial charge >= 0.3 is 0 Å². The molecule has 0 saturated carbocycles. The molecule has 0 aliphatic heterocycles. The van der Waals surface area contributed by atoms with Crippen molar-refractivity contribution in [1.29, 1.82) is 0 Å². The fraction of sp³-hybridized carbons (Fsp3) is 0.222. The first-order chi connectivity index (χ1) is 14.2. The van der Waals surface area contributed by atoms with E-state index in [1.807, 2.05) is 24.4 Å². The molecule has 0 N–H and O–H groups in total. The Bertz CT molecular complexity index is 992. The molecule has 1 nitrogen and oxygen atoms in total. The van der Waals surface area contributed by atoms with Gasteiger partial charge in [0.1, 0.15) is 0 Å². The molecule has 0 fully saturated rings. The highest BCUT2D eigenvalue weighted by molar-refractivity contribution is 5.84. The monoisotopic (exact) mass is 383 g/mol. The van der Waals surface area contributed by atoms with E-state index < -0.39 is 6.17 Å². The summed E-state index contributed by atoms with van der Waals surface area (Å²) in [7, 11) is 0. The van der Waals surface area contributed by atoms with Crippen molar-refractivity contribution in [1.82, 2.24) is 4.98 Å². The average molecular weight is 384 g/mol. The molecule has 146 valence electrons. The second kappa shape index (κ2) is 10.4. The number of nitrogens with zero attached hydrogens (tertiary/aromatic N) is 1. The second-order valence-electron chi connectivity index (χ2n) is 7.17. The zero-order valence-electron chi connectivity index (χ0n) is 16.9. The van der Waals surface area contributed by atoms with Gasteiger partial charge in [-0.3, -0.25) is 4.98 Å². The minimum absolute atomic E-state index is 0.566. The van der Waals surface area contributed by atoms with Crippen LogP contribution in [0.4, 0.5) is 4.39 Å². The Labute approximate surface area is 173 Å². The van der Waals surface area contributed by atoms with Gasteiger partial charge in [0.25, 0.3) is 0 Å². The molecule has 1 aromatic heterocycles. The van der Waals surface area contributed by atoms with Gasteiger partial charge in [0.15, 0.2) is 0 Å². The Kier molecular flexibility index (Phi) is 7.36. The number of halogens is 1. The highest BCUT2D eigenvalue weighted by atomic mass is 19.1. The highest BCUT2D eigenvalue weighted by Gasteiger charge is 2.09. The largest absolute Gasteiger partial charge is 0.264 e. The van der Waals surface area contributed by atoms with E-state index in [1.165, 1.54) is 5.56 Å². The Morgan fingerprint density at radius 1 is 1.07 bits per heavy atom. The Hall–Kier alpha value is -3.18. The van der Waals surface area contributed by atoms with Gasteiger partial charge in [-0.2, -0.15) is 0 Å². The summed E-state index contributed by atoms with van der Waals surface area (Å²) in [6.07, 6.45) is 7.75. The van der Waals surface area contributed by atoms with Crippen molar-refractivity contribution in [2.45, 2.75) is 38.8 Å². The molecular weight excluding hydrogens is 357 g/mol. The molecule has 3 aromatic rings. The number of hydrogen-bond donors (Lipinski definition) is 0. The molecule has 1 atom stereocenters. The van der Waals surface area contributed by atoms with Crippen molar-refractivity contribution in [2.75, 3.05) is 0 Å². The number of allylic oxidation sites excluding steroid dienone is 1.